The number of aliphatic hydroxyl groups is 2. The first kappa shape index (κ1) is 6.23. The molecule has 0 amide bonds. The molecule has 0 aromatic carbocycles. The van der Waals surface area contributed by atoms with Crippen LogP contribution in [0.1, 0.15) is 0 Å². The third kappa shape index (κ3) is 2.47. The first-order valence-electron chi connectivity index (χ1n) is 1.40. The van der Waals surface area contributed by atoms with Crippen LogP contribution in [0.25, 0.3) is 0 Å². The third-order valence-electron chi connectivity index (χ3n) is 0.278. The summed E-state index contributed by atoms with van der Waals surface area (Å²) in [7, 11) is 0. The van der Waals surface area contributed by atoms with Crippen molar-refractivity contribution in [1.29, 1.82) is 0 Å². The fraction of sp³-hybridized carbons (Fsp3) is 1.00. The second kappa shape index (κ2) is 3.42. The molecule has 3 N–H and O–H groups in total. The lowest BCUT2D eigenvalue weighted by atomic mass is 10.8. The zero-order valence-corrected chi connectivity index (χ0v) is 3.85. The van der Waals surface area contributed by atoms with E-state index in [0.717, 1.165) is 0 Å². The molecule has 38 valence electrons. The lowest BCUT2D eigenvalue weighted by Gasteiger charge is -1.95. The largest absolute Gasteiger partial charge is 0.393 e. The fourth-order valence-electron chi connectivity index (χ4n) is 0.0333. The molecule has 0 aliphatic heterocycles. The molecule has 3 nitrogen and oxygen atoms in total. The zero-order valence-electron chi connectivity index (χ0n) is 3.03. The fourth-order valence-corrected chi connectivity index (χ4v) is 0.100. The van der Waals surface area contributed by atoms with E-state index in [9.17, 15) is 0 Å². The van der Waals surface area contributed by atoms with E-state index in [-0.39, 0.29) is 12.0 Å². The van der Waals surface area contributed by atoms with Crippen molar-refractivity contribution in [3.8, 4) is 0 Å². The molecular weight excluding hydrogens is 104 g/mol. The topological polar surface area (TPSA) is 60.7 Å². The summed E-state index contributed by atoms with van der Waals surface area (Å²) in [6.45, 7) is -0.402. The van der Waals surface area contributed by atoms with Crippen molar-refractivity contribution < 1.29 is 14.8 Å². The highest BCUT2D eigenvalue weighted by molar-refractivity contribution is 7.94. The third-order valence-corrected chi connectivity index (χ3v) is 0.670. The van der Waals surface area contributed by atoms with Gasteiger partial charge in [0.15, 0.2) is 0 Å². The summed E-state index contributed by atoms with van der Waals surface area (Å²) in [5, 5.41) is 16.0. The summed E-state index contributed by atoms with van der Waals surface area (Å²) in [4.78, 5) is 0. The van der Waals surface area contributed by atoms with E-state index in [2.05, 4.69) is 0 Å². The zero-order chi connectivity index (χ0) is 4.99. The molecule has 0 bridgehead atoms. The summed E-state index contributed by atoms with van der Waals surface area (Å²) in [6.07, 6.45) is 0. The minimum Gasteiger partial charge on any atom is -0.393 e. The molecule has 6 heavy (non-hydrogen) atoms. The number of rotatable bonds is 2. The van der Waals surface area contributed by atoms with Crippen molar-refractivity contribution in [3.05, 3.63) is 0 Å². The monoisotopic (exact) mass is 110 g/mol. The minimum absolute atomic E-state index is 0.230. The van der Waals surface area contributed by atoms with E-state index in [0.29, 0.717) is 0 Å². The molecule has 0 rings (SSSR count). The average Bonchev–Trinajstić information content (AvgIpc) is 1.65. The Morgan fingerprint density at radius 3 is 2.17 bits per heavy atom. The highest BCUT2D eigenvalue weighted by Crippen LogP contribution is 1.97. The van der Waals surface area contributed by atoms with Crippen LogP contribution in [0, 0.1) is 0 Å². The maximum Gasteiger partial charge on any atom is 0.148 e. The molecule has 0 spiro atoms. The van der Waals surface area contributed by atoms with Gasteiger partial charge in [-0.25, -0.2) is 0 Å². The molecule has 0 saturated carbocycles. The second-order valence-corrected chi connectivity index (χ2v) is 1.50. The lowest BCUT2D eigenvalue weighted by molar-refractivity contribution is 0.156. The van der Waals surface area contributed by atoms with Crippen LogP contribution in [0.5, 0.6) is 0 Å². The van der Waals surface area contributed by atoms with Crippen LogP contribution in [-0.4, -0.2) is 26.8 Å². The van der Waals surface area contributed by atoms with Gasteiger partial charge in [0.05, 0.1) is 6.61 Å². The molecule has 1 unspecified atom stereocenters. The SMILES string of the molecule is OCC(O)SO. The van der Waals surface area contributed by atoms with Crippen molar-refractivity contribution in [1.82, 2.24) is 0 Å². The van der Waals surface area contributed by atoms with Gasteiger partial charge in [-0.15, -0.1) is 0 Å². The Balaban J connectivity index is 2.75. The highest BCUT2D eigenvalue weighted by atomic mass is 32.2. The van der Waals surface area contributed by atoms with Crippen LogP contribution >= 0.6 is 12.0 Å². The molecule has 1 atom stereocenters. The molecule has 0 radical (unpaired) electrons. The summed E-state index contributed by atoms with van der Waals surface area (Å²) < 4.78 is 7.84. The molecule has 0 fully saturated rings. The predicted octanol–water partition coefficient (Wildman–Crippen LogP) is -0.497. The maximum absolute atomic E-state index is 8.13. The number of aliphatic hydroxyl groups excluding tert-OH is 2. The van der Waals surface area contributed by atoms with E-state index in [1.807, 2.05) is 0 Å². The van der Waals surface area contributed by atoms with Gasteiger partial charge in [0, 0.05) is 12.0 Å². The van der Waals surface area contributed by atoms with Gasteiger partial charge in [0.1, 0.15) is 5.44 Å². The Kier molecular flexibility index (Phi) is 3.55. The van der Waals surface area contributed by atoms with Crippen molar-refractivity contribution in [3.63, 3.8) is 0 Å². The Bertz CT molecular complexity index is 28.0. The minimum atomic E-state index is -1.04. The summed E-state index contributed by atoms with van der Waals surface area (Å²) in [6, 6.07) is 0. The van der Waals surface area contributed by atoms with Gasteiger partial charge in [0.25, 0.3) is 0 Å². The maximum atomic E-state index is 8.13. The number of hydrogen-bond acceptors (Lipinski definition) is 4. The van der Waals surface area contributed by atoms with Crippen LogP contribution in [-0.2, 0) is 0 Å². The Morgan fingerprint density at radius 2 is 2.17 bits per heavy atom. The molecule has 0 heterocycles. The molecular formula is C2H6O3S. The van der Waals surface area contributed by atoms with Gasteiger partial charge in [-0.1, -0.05) is 0 Å². The smallest absolute Gasteiger partial charge is 0.148 e. The van der Waals surface area contributed by atoms with E-state index >= 15 is 0 Å². The molecule has 0 aliphatic rings. The van der Waals surface area contributed by atoms with Gasteiger partial charge in [-0.05, 0) is 0 Å². The van der Waals surface area contributed by atoms with Crippen LogP contribution in [0.2, 0.25) is 0 Å². The van der Waals surface area contributed by atoms with Crippen molar-refractivity contribution in [2.45, 2.75) is 5.44 Å². The van der Waals surface area contributed by atoms with Gasteiger partial charge in [0.2, 0.25) is 0 Å². The summed E-state index contributed by atoms with van der Waals surface area (Å²) in [5.74, 6) is 0. The first-order valence-corrected chi connectivity index (χ1v) is 2.24. The van der Waals surface area contributed by atoms with E-state index in [1.54, 1.807) is 0 Å². The molecule has 0 aromatic heterocycles. The summed E-state index contributed by atoms with van der Waals surface area (Å²) in [5.41, 5.74) is -1.04. The lowest BCUT2D eigenvalue weighted by Crippen LogP contribution is -2.04. The average molecular weight is 110 g/mol. The van der Waals surface area contributed by atoms with Gasteiger partial charge in [-0.3, -0.25) is 0 Å². The van der Waals surface area contributed by atoms with Crippen LogP contribution < -0.4 is 0 Å². The van der Waals surface area contributed by atoms with Crippen molar-refractivity contribution in [2.75, 3.05) is 6.61 Å². The van der Waals surface area contributed by atoms with Crippen LogP contribution in [0.15, 0.2) is 0 Å². The van der Waals surface area contributed by atoms with E-state index in [4.69, 9.17) is 14.8 Å². The number of hydrogen-bond donors (Lipinski definition) is 3. The second-order valence-electron chi connectivity index (χ2n) is 0.743. The Labute approximate surface area is 39.8 Å². The Morgan fingerprint density at radius 1 is 1.67 bits per heavy atom. The van der Waals surface area contributed by atoms with Crippen molar-refractivity contribution >= 4 is 12.0 Å². The quantitative estimate of drug-likeness (QED) is 0.331. The van der Waals surface area contributed by atoms with E-state index in [1.165, 1.54) is 0 Å². The molecule has 0 aromatic rings. The normalized spacial score (nSPS) is 14.5. The Hall–Kier alpha value is 0.230. The van der Waals surface area contributed by atoms with Crippen LogP contribution in [0.4, 0.5) is 0 Å². The van der Waals surface area contributed by atoms with Crippen LogP contribution in [0.3, 0.4) is 0 Å². The van der Waals surface area contributed by atoms with E-state index < -0.39 is 12.0 Å². The predicted molar refractivity (Wildman–Crippen MR) is 23.3 cm³/mol. The molecule has 0 aliphatic carbocycles. The van der Waals surface area contributed by atoms with Crippen molar-refractivity contribution in [2.24, 2.45) is 0 Å². The standard InChI is InChI=1S/C2H6O3S/c3-1-2(4)6-5/h2-5H,1H2. The highest BCUT2D eigenvalue weighted by Gasteiger charge is 1.95. The van der Waals surface area contributed by atoms with Gasteiger partial charge in [-0.2, -0.15) is 0 Å². The van der Waals surface area contributed by atoms with Gasteiger partial charge >= 0.3 is 0 Å². The first-order chi connectivity index (χ1) is 2.81. The van der Waals surface area contributed by atoms with Gasteiger partial charge < -0.3 is 14.8 Å². The molecule has 4 heteroatoms. The molecule has 0 saturated heterocycles. The summed E-state index contributed by atoms with van der Waals surface area (Å²) >= 11 is 0.230.